The van der Waals surface area contributed by atoms with Gasteiger partial charge in [0.25, 0.3) is 0 Å². The van der Waals surface area contributed by atoms with Crippen molar-refractivity contribution in [3.05, 3.63) is 51.8 Å². The molecule has 2 atom stereocenters. The molecule has 0 aliphatic heterocycles. The Morgan fingerprint density at radius 3 is 2.46 bits per heavy atom. The summed E-state index contributed by atoms with van der Waals surface area (Å²) in [4.78, 5) is 8.76. The van der Waals surface area contributed by atoms with Gasteiger partial charge in [0.1, 0.15) is 11.6 Å². The van der Waals surface area contributed by atoms with Gasteiger partial charge in [-0.3, -0.25) is 5.14 Å². The molecule has 1 aromatic carbocycles. The molecular weight excluding hydrogens is 444 g/mol. The Morgan fingerprint density at radius 1 is 1.31 bits per heavy atom. The van der Waals surface area contributed by atoms with Crippen molar-refractivity contribution in [1.82, 2.24) is 9.97 Å². The minimum Gasteiger partial charge on any atom is -0.251 e. The second-order valence-corrected chi connectivity index (χ2v) is 9.86. The fourth-order valence-corrected chi connectivity index (χ4v) is 3.93. The van der Waals surface area contributed by atoms with E-state index in [2.05, 4.69) is 25.9 Å². The van der Waals surface area contributed by atoms with Gasteiger partial charge < -0.3 is 0 Å². The summed E-state index contributed by atoms with van der Waals surface area (Å²) < 4.78 is 39.1. The van der Waals surface area contributed by atoms with E-state index in [9.17, 15) is 13.0 Å². The van der Waals surface area contributed by atoms with Crippen molar-refractivity contribution < 1.29 is 13.0 Å². The second kappa shape index (κ2) is 8.86. The van der Waals surface area contributed by atoms with Crippen LogP contribution in [0.15, 0.2) is 34.0 Å². The molecule has 1 unspecified atom stereocenters. The van der Waals surface area contributed by atoms with E-state index in [0.29, 0.717) is 33.7 Å². The molecule has 1 aromatic heterocycles. The van der Waals surface area contributed by atoms with E-state index in [-0.39, 0.29) is 5.92 Å². The van der Waals surface area contributed by atoms with Gasteiger partial charge in [0.15, 0.2) is 5.16 Å². The van der Waals surface area contributed by atoms with E-state index >= 15 is 0 Å². The lowest BCUT2D eigenvalue weighted by Crippen LogP contribution is -2.34. The van der Waals surface area contributed by atoms with Crippen molar-refractivity contribution in [2.45, 2.75) is 42.5 Å². The predicted octanol–water partition coefficient (Wildman–Crippen LogP) is 4.36. The van der Waals surface area contributed by atoms with Crippen LogP contribution in [0.2, 0.25) is 0 Å². The van der Waals surface area contributed by atoms with E-state index in [4.69, 9.17) is 5.14 Å². The molecule has 2 aromatic rings. The van der Waals surface area contributed by atoms with Gasteiger partial charge in [0.2, 0.25) is 0 Å². The number of aromatic nitrogens is 2. The highest BCUT2D eigenvalue weighted by Gasteiger charge is 2.31. The lowest BCUT2D eigenvalue weighted by molar-refractivity contribution is 0.498. The van der Waals surface area contributed by atoms with Crippen LogP contribution in [-0.4, -0.2) is 25.2 Å². The summed E-state index contributed by atoms with van der Waals surface area (Å²) in [6.07, 6.45) is 4.28. The van der Waals surface area contributed by atoms with E-state index in [1.807, 2.05) is 6.26 Å². The van der Waals surface area contributed by atoms with Crippen LogP contribution in [0, 0.1) is 11.6 Å². The van der Waals surface area contributed by atoms with Crippen molar-refractivity contribution in [1.29, 1.82) is 0 Å². The van der Waals surface area contributed by atoms with Crippen LogP contribution in [0.5, 0.6) is 0 Å². The zero-order valence-corrected chi connectivity index (χ0v) is 17.9. The van der Waals surface area contributed by atoms with Crippen LogP contribution in [0.1, 0.15) is 37.4 Å². The lowest BCUT2D eigenvalue weighted by atomic mass is 9.87. The van der Waals surface area contributed by atoms with Crippen molar-refractivity contribution in [3.63, 3.8) is 0 Å². The molecule has 0 amide bonds. The van der Waals surface area contributed by atoms with Crippen molar-refractivity contribution in [2.24, 2.45) is 5.14 Å². The van der Waals surface area contributed by atoms with Crippen molar-refractivity contribution >= 4 is 38.7 Å². The minimum atomic E-state index is -1.56. The predicted molar refractivity (Wildman–Crippen MR) is 105 cm³/mol. The first-order valence-electron chi connectivity index (χ1n) is 7.80. The summed E-state index contributed by atoms with van der Waals surface area (Å²) in [5.41, 5.74) is 1.20. The molecule has 142 valence electrons. The molecule has 2 N–H and O–H groups in total. The number of nitrogens with zero attached hydrogens (tertiary/aromatic N) is 2. The van der Waals surface area contributed by atoms with Gasteiger partial charge in [-0.2, -0.15) is 0 Å². The molecule has 0 saturated carbocycles. The lowest BCUT2D eigenvalue weighted by Gasteiger charge is -2.28. The molecule has 26 heavy (non-hydrogen) atoms. The number of benzene rings is 1. The van der Waals surface area contributed by atoms with Gasteiger partial charge in [0.05, 0.1) is 25.9 Å². The minimum absolute atomic E-state index is 0.248. The highest BCUT2D eigenvalue weighted by atomic mass is 79.9. The maximum absolute atomic E-state index is 13.6. The molecule has 2 rings (SSSR count). The van der Waals surface area contributed by atoms with Crippen LogP contribution in [0.3, 0.4) is 0 Å². The first-order chi connectivity index (χ1) is 12.1. The summed E-state index contributed by atoms with van der Waals surface area (Å²) in [6, 6.07) is 3.43. The molecule has 0 spiro atoms. The molecule has 0 fully saturated rings. The summed E-state index contributed by atoms with van der Waals surface area (Å²) in [5.74, 6) is -1.51. The Bertz CT molecular complexity index is 800. The van der Waals surface area contributed by atoms with Crippen LogP contribution in [0.25, 0.3) is 0 Å². The van der Waals surface area contributed by atoms with Gasteiger partial charge in [-0.05, 0) is 66.6 Å². The Balaban J connectivity index is 2.46. The van der Waals surface area contributed by atoms with Crippen LogP contribution in [0.4, 0.5) is 8.78 Å². The Labute approximate surface area is 167 Å². The zero-order valence-electron chi connectivity index (χ0n) is 14.6. The van der Waals surface area contributed by atoms with Gasteiger partial charge in [-0.25, -0.2) is 23.0 Å². The van der Waals surface area contributed by atoms with E-state index < -0.39 is 27.4 Å². The molecule has 0 aliphatic carbocycles. The van der Waals surface area contributed by atoms with Gasteiger partial charge in [-0.15, -0.1) is 0 Å². The summed E-state index contributed by atoms with van der Waals surface area (Å²) in [5, 5.41) is 6.22. The second-order valence-electron chi connectivity index (χ2n) is 6.53. The number of rotatable bonds is 7. The van der Waals surface area contributed by atoms with Crippen LogP contribution >= 0.6 is 27.7 Å². The summed E-state index contributed by atoms with van der Waals surface area (Å²) in [7, 11) is -1.56. The topological polar surface area (TPSA) is 68.9 Å². The SMILES string of the molecule is CSc1ncc(Br)c([C@@H](Cc2cc(F)cc(F)c2)CC(C)(C)S(N)=O)n1. The van der Waals surface area contributed by atoms with E-state index in [0.717, 1.165) is 6.07 Å². The number of hydrogen-bond donors (Lipinski definition) is 1. The molecule has 0 saturated heterocycles. The largest absolute Gasteiger partial charge is 0.251 e. The molecule has 9 heteroatoms. The molecular formula is C17H20BrF2N3OS2. The fraction of sp³-hybridized carbons (Fsp3) is 0.412. The number of hydrogen-bond acceptors (Lipinski definition) is 4. The van der Waals surface area contributed by atoms with Gasteiger partial charge in [0, 0.05) is 18.2 Å². The smallest absolute Gasteiger partial charge is 0.187 e. The fourth-order valence-electron chi connectivity index (χ4n) is 2.70. The monoisotopic (exact) mass is 463 g/mol. The third kappa shape index (κ3) is 5.55. The molecule has 0 aliphatic rings. The molecule has 1 heterocycles. The number of thioether (sulfide) groups is 1. The van der Waals surface area contributed by atoms with Gasteiger partial charge in [-0.1, -0.05) is 11.8 Å². The maximum Gasteiger partial charge on any atom is 0.187 e. The van der Waals surface area contributed by atoms with Crippen LogP contribution < -0.4 is 5.14 Å². The first kappa shape index (κ1) is 21.4. The Kier molecular flexibility index (Phi) is 7.29. The van der Waals surface area contributed by atoms with Crippen molar-refractivity contribution in [3.8, 4) is 0 Å². The first-order valence-corrected chi connectivity index (χ1v) is 11.0. The van der Waals surface area contributed by atoms with E-state index in [1.165, 1.54) is 23.9 Å². The average Bonchev–Trinajstić information content (AvgIpc) is 2.53. The number of nitrogens with two attached hydrogens (primary N) is 1. The average molecular weight is 464 g/mol. The third-order valence-electron chi connectivity index (χ3n) is 4.01. The zero-order chi connectivity index (χ0) is 19.5. The highest BCUT2D eigenvalue weighted by Crippen LogP contribution is 2.35. The third-order valence-corrected chi connectivity index (χ3v) is 6.43. The summed E-state index contributed by atoms with van der Waals surface area (Å²) >= 11 is 4.85. The molecule has 4 nitrogen and oxygen atoms in total. The molecule has 0 radical (unpaired) electrons. The molecule has 0 bridgehead atoms. The van der Waals surface area contributed by atoms with E-state index in [1.54, 1.807) is 20.0 Å². The van der Waals surface area contributed by atoms with Gasteiger partial charge >= 0.3 is 0 Å². The summed E-state index contributed by atoms with van der Waals surface area (Å²) in [6.45, 7) is 3.60. The highest BCUT2D eigenvalue weighted by molar-refractivity contribution is 9.10. The Morgan fingerprint density at radius 2 is 1.92 bits per heavy atom. The maximum atomic E-state index is 13.6. The van der Waals surface area contributed by atoms with Crippen LogP contribution in [-0.2, 0) is 17.4 Å². The standard InChI is InChI=1S/C17H20BrF2N3OS2/c1-17(2,26(21)24)8-11(4-10-5-12(19)7-13(20)6-10)15-14(18)9-22-16(23-15)25-3/h5-7,9,11H,4,8,21H2,1-3H3/t11-,26?/m0/s1. The Hall–Kier alpha value is -0.900. The quantitative estimate of drug-likeness (QED) is 0.489. The van der Waals surface area contributed by atoms with Crippen molar-refractivity contribution in [2.75, 3.05) is 6.26 Å². The number of halogens is 3. The normalized spacial score (nSPS) is 14.3.